The van der Waals surface area contributed by atoms with Crippen molar-refractivity contribution in [2.24, 2.45) is 5.73 Å². The molecule has 7 heteroatoms. The third kappa shape index (κ3) is 3.04. The lowest BCUT2D eigenvalue weighted by Crippen LogP contribution is -2.21. The van der Waals surface area contributed by atoms with Gasteiger partial charge < -0.3 is 25.1 Å². The molecule has 6 nitrogen and oxygen atoms in total. The highest BCUT2D eigenvalue weighted by Crippen LogP contribution is 2.47. The van der Waals surface area contributed by atoms with Gasteiger partial charge in [-0.15, -0.1) is 0 Å². The van der Waals surface area contributed by atoms with Crippen molar-refractivity contribution in [3.05, 3.63) is 57.4 Å². The third-order valence-corrected chi connectivity index (χ3v) is 4.78. The van der Waals surface area contributed by atoms with Crippen molar-refractivity contribution >= 4 is 15.9 Å². The van der Waals surface area contributed by atoms with Gasteiger partial charge in [-0.3, -0.25) is 0 Å². The van der Waals surface area contributed by atoms with Crippen molar-refractivity contribution in [3.63, 3.8) is 0 Å². The minimum absolute atomic E-state index is 0.00958. The molecule has 0 bridgehead atoms. The topological polar surface area (TPSA) is 97.7 Å². The van der Waals surface area contributed by atoms with Crippen LogP contribution < -0.4 is 19.9 Å². The summed E-state index contributed by atoms with van der Waals surface area (Å²) in [6, 6.07) is 10.5. The standard InChI is InChI=1S/C19H17BrN2O4/c1-3-25-17-8-14(20)12(7-16(17)24-2)18-11-5-4-10(23)6-15(11)26-19(22)13(18)9-21/h4-8,18,23H,3,22H2,1-2H3/t18-/m0/s1. The number of methoxy groups -OCH3 is 1. The number of rotatable bonds is 4. The lowest BCUT2D eigenvalue weighted by Gasteiger charge is -2.27. The summed E-state index contributed by atoms with van der Waals surface area (Å²) in [6.07, 6.45) is 0. The second-order valence-corrected chi connectivity index (χ2v) is 6.46. The summed E-state index contributed by atoms with van der Waals surface area (Å²) >= 11 is 3.56. The number of aromatic hydroxyl groups is 1. The van der Waals surface area contributed by atoms with Gasteiger partial charge in [0, 0.05) is 16.1 Å². The first-order valence-electron chi connectivity index (χ1n) is 7.90. The average Bonchev–Trinajstić information content (AvgIpc) is 2.61. The molecule has 134 valence electrons. The van der Waals surface area contributed by atoms with Crippen LogP contribution in [0, 0.1) is 11.3 Å². The number of halogens is 1. The maximum absolute atomic E-state index is 9.74. The van der Waals surface area contributed by atoms with Crippen LogP contribution in [-0.2, 0) is 0 Å². The Kier molecular flexibility index (Phi) is 4.96. The molecule has 1 aliphatic rings. The molecule has 0 aromatic heterocycles. The molecule has 3 rings (SSSR count). The van der Waals surface area contributed by atoms with Crippen LogP contribution >= 0.6 is 15.9 Å². The molecule has 1 atom stereocenters. The van der Waals surface area contributed by atoms with Gasteiger partial charge in [0.25, 0.3) is 0 Å². The zero-order valence-electron chi connectivity index (χ0n) is 14.2. The molecule has 2 aromatic rings. The first-order chi connectivity index (χ1) is 12.5. The van der Waals surface area contributed by atoms with Crippen LogP contribution in [0.3, 0.4) is 0 Å². The van der Waals surface area contributed by atoms with Crippen LogP contribution in [0.4, 0.5) is 0 Å². The van der Waals surface area contributed by atoms with Gasteiger partial charge in [0.2, 0.25) is 5.88 Å². The van der Waals surface area contributed by atoms with E-state index in [9.17, 15) is 10.4 Å². The largest absolute Gasteiger partial charge is 0.508 e. The van der Waals surface area contributed by atoms with Crippen molar-refractivity contribution in [1.82, 2.24) is 0 Å². The normalized spacial score (nSPS) is 15.7. The van der Waals surface area contributed by atoms with E-state index in [1.54, 1.807) is 25.3 Å². The van der Waals surface area contributed by atoms with Crippen molar-refractivity contribution in [3.8, 4) is 29.1 Å². The highest BCUT2D eigenvalue weighted by Gasteiger charge is 2.32. The summed E-state index contributed by atoms with van der Waals surface area (Å²) in [5.41, 5.74) is 7.75. The predicted molar refractivity (Wildman–Crippen MR) is 99.3 cm³/mol. The van der Waals surface area contributed by atoms with Gasteiger partial charge in [0.05, 0.1) is 19.6 Å². The Bertz CT molecular complexity index is 934. The molecule has 0 radical (unpaired) electrons. The number of allylic oxidation sites excluding steroid dienone is 1. The van der Waals surface area contributed by atoms with E-state index >= 15 is 0 Å². The zero-order valence-corrected chi connectivity index (χ0v) is 15.8. The molecule has 26 heavy (non-hydrogen) atoms. The second-order valence-electron chi connectivity index (χ2n) is 5.60. The first-order valence-corrected chi connectivity index (χ1v) is 8.70. The molecule has 1 heterocycles. The summed E-state index contributed by atoms with van der Waals surface area (Å²) < 4.78 is 17.3. The minimum Gasteiger partial charge on any atom is -0.508 e. The Morgan fingerprint density at radius 2 is 2.04 bits per heavy atom. The van der Waals surface area contributed by atoms with Gasteiger partial charge in [-0.1, -0.05) is 22.0 Å². The lowest BCUT2D eigenvalue weighted by molar-refractivity contribution is 0.310. The first kappa shape index (κ1) is 18.0. The predicted octanol–water partition coefficient (Wildman–Crippen LogP) is 3.78. The molecule has 0 saturated heterocycles. The summed E-state index contributed by atoms with van der Waals surface area (Å²) in [5, 5.41) is 19.4. The van der Waals surface area contributed by atoms with Crippen LogP contribution in [0.2, 0.25) is 0 Å². The lowest BCUT2D eigenvalue weighted by atomic mass is 9.83. The van der Waals surface area contributed by atoms with Gasteiger partial charge in [0.1, 0.15) is 23.1 Å². The quantitative estimate of drug-likeness (QED) is 0.786. The molecule has 0 aliphatic carbocycles. The number of nitrogens with zero attached hydrogens (tertiary/aromatic N) is 1. The molecule has 0 amide bonds. The Balaban J connectivity index is 2.23. The highest BCUT2D eigenvalue weighted by atomic mass is 79.9. The van der Waals surface area contributed by atoms with Gasteiger partial charge in [-0.05, 0) is 30.7 Å². The molecule has 3 N–H and O–H groups in total. The van der Waals surface area contributed by atoms with E-state index in [4.69, 9.17) is 19.9 Å². The Morgan fingerprint density at radius 3 is 2.69 bits per heavy atom. The average molecular weight is 417 g/mol. The smallest absolute Gasteiger partial charge is 0.205 e. The number of ether oxygens (including phenoxy) is 3. The van der Waals surface area contributed by atoms with Crippen molar-refractivity contribution < 1.29 is 19.3 Å². The fraction of sp³-hybridized carbons (Fsp3) is 0.211. The molecule has 0 spiro atoms. The molecule has 1 aliphatic heterocycles. The van der Waals surface area contributed by atoms with Crippen LogP contribution in [0.1, 0.15) is 24.0 Å². The van der Waals surface area contributed by atoms with Crippen molar-refractivity contribution in [2.45, 2.75) is 12.8 Å². The van der Waals surface area contributed by atoms with Crippen molar-refractivity contribution in [1.29, 1.82) is 5.26 Å². The summed E-state index contributed by atoms with van der Waals surface area (Å²) in [4.78, 5) is 0. The number of nitrogens with two attached hydrogens (primary N) is 1. The van der Waals surface area contributed by atoms with Gasteiger partial charge in [-0.2, -0.15) is 5.26 Å². The number of phenolic OH excluding ortho intramolecular Hbond substituents is 1. The van der Waals surface area contributed by atoms with Gasteiger partial charge in [-0.25, -0.2) is 0 Å². The molecule has 0 saturated carbocycles. The summed E-state index contributed by atoms with van der Waals surface area (Å²) in [5.74, 6) is 1.15. The number of benzene rings is 2. The van der Waals surface area contributed by atoms with E-state index in [1.807, 2.05) is 13.0 Å². The van der Waals surface area contributed by atoms with Crippen LogP contribution in [0.15, 0.2) is 46.3 Å². The van der Waals surface area contributed by atoms with Crippen LogP contribution in [0.25, 0.3) is 0 Å². The Labute approximate surface area is 159 Å². The monoisotopic (exact) mass is 416 g/mol. The van der Waals surface area contributed by atoms with Crippen LogP contribution in [-0.4, -0.2) is 18.8 Å². The number of nitriles is 1. The number of hydrogen-bond donors (Lipinski definition) is 2. The second kappa shape index (κ2) is 7.18. The van der Waals surface area contributed by atoms with Gasteiger partial charge in [0.15, 0.2) is 11.5 Å². The van der Waals surface area contributed by atoms with Crippen molar-refractivity contribution in [2.75, 3.05) is 13.7 Å². The van der Waals surface area contributed by atoms with E-state index in [1.165, 1.54) is 6.07 Å². The minimum atomic E-state index is -0.469. The van der Waals surface area contributed by atoms with E-state index in [-0.39, 0.29) is 17.2 Å². The van der Waals surface area contributed by atoms with E-state index in [2.05, 4.69) is 22.0 Å². The Morgan fingerprint density at radius 1 is 1.27 bits per heavy atom. The Hall–Kier alpha value is -2.85. The number of fused-ring (bicyclic) bond motifs is 1. The summed E-state index contributed by atoms with van der Waals surface area (Å²) in [6.45, 7) is 2.39. The fourth-order valence-corrected chi connectivity index (χ4v) is 3.52. The summed E-state index contributed by atoms with van der Waals surface area (Å²) in [7, 11) is 1.56. The van der Waals surface area contributed by atoms with Crippen LogP contribution in [0.5, 0.6) is 23.0 Å². The fourth-order valence-electron chi connectivity index (χ4n) is 2.96. The molecular formula is C19H17BrN2O4. The highest BCUT2D eigenvalue weighted by molar-refractivity contribution is 9.10. The van der Waals surface area contributed by atoms with E-state index < -0.39 is 5.92 Å². The van der Waals surface area contributed by atoms with E-state index in [0.717, 1.165) is 15.6 Å². The molecule has 2 aromatic carbocycles. The SMILES string of the molecule is CCOc1cc(Br)c([C@H]2C(C#N)=C(N)Oc3cc(O)ccc32)cc1OC. The maximum atomic E-state index is 9.74. The number of hydrogen-bond acceptors (Lipinski definition) is 6. The maximum Gasteiger partial charge on any atom is 0.205 e. The van der Waals surface area contributed by atoms with Gasteiger partial charge >= 0.3 is 0 Å². The molecule has 0 fully saturated rings. The van der Waals surface area contributed by atoms with E-state index in [0.29, 0.717) is 23.9 Å². The third-order valence-electron chi connectivity index (χ3n) is 4.10. The number of phenols is 1. The zero-order chi connectivity index (χ0) is 18.8. The molecular weight excluding hydrogens is 400 g/mol. The molecule has 0 unspecified atom stereocenters.